The van der Waals surface area contributed by atoms with Gasteiger partial charge in [0.2, 0.25) is 13.1 Å². The van der Waals surface area contributed by atoms with Gasteiger partial charge in [-0.3, -0.25) is 9.69 Å². The third-order valence-electron chi connectivity index (χ3n) is 7.05. The summed E-state index contributed by atoms with van der Waals surface area (Å²) in [6.07, 6.45) is 2.89. The smallest absolute Gasteiger partial charge is 0.288 e. The van der Waals surface area contributed by atoms with E-state index >= 15 is 0 Å². The van der Waals surface area contributed by atoms with Crippen LogP contribution in [0.1, 0.15) is 36.8 Å². The number of rotatable bonds is 9. The number of hydrogen-bond acceptors (Lipinski definition) is 8. The monoisotopic (exact) mass is 514 g/mol. The molecule has 1 aromatic carbocycles. The van der Waals surface area contributed by atoms with Gasteiger partial charge in [-0.1, -0.05) is 6.07 Å². The molecule has 3 aliphatic rings. The highest BCUT2D eigenvalue weighted by Crippen LogP contribution is 2.40. The van der Waals surface area contributed by atoms with Crippen LogP contribution in [0.2, 0.25) is 0 Å². The highest BCUT2D eigenvalue weighted by molar-refractivity contribution is 7.08. The molecule has 8 nitrogen and oxygen atoms in total. The lowest BCUT2D eigenvalue weighted by atomic mass is 9.81. The zero-order chi connectivity index (χ0) is 24.9. The number of aliphatic hydroxyl groups excluding tert-OH is 1. The van der Waals surface area contributed by atoms with Gasteiger partial charge in [-0.2, -0.15) is 11.3 Å². The Morgan fingerprint density at radius 3 is 2.75 bits per heavy atom. The number of nitrogens with zero attached hydrogens (tertiary/aromatic N) is 2. The first-order valence-corrected chi connectivity index (χ1v) is 13.6. The van der Waals surface area contributed by atoms with E-state index in [0.29, 0.717) is 31.9 Å². The van der Waals surface area contributed by atoms with Gasteiger partial charge in [-0.25, -0.2) is 0 Å². The van der Waals surface area contributed by atoms with Crippen LogP contribution in [0, 0.1) is 5.92 Å². The number of piperazine rings is 1. The molecule has 9 heteroatoms. The van der Waals surface area contributed by atoms with Gasteiger partial charge in [-0.05, 0) is 65.9 Å². The molecule has 0 radical (unpaired) electrons. The van der Waals surface area contributed by atoms with E-state index in [1.807, 2.05) is 30.0 Å². The van der Waals surface area contributed by atoms with Crippen molar-refractivity contribution in [3.8, 4) is 11.5 Å². The summed E-state index contributed by atoms with van der Waals surface area (Å²) in [5.74, 6) is 1.93. The Labute approximate surface area is 216 Å². The Bertz CT molecular complexity index is 1050. The van der Waals surface area contributed by atoms with Crippen LogP contribution in [0.4, 0.5) is 0 Å². The third-order valence-corrected chi connectivity index (χ3v) is 7.75. The predicted molar refractivity (Wildman–Crippen MR) is 136 cm³/mol. The van der Waals surface area contributed by atoms with Gasteiger partial charge in [0.1, 0.15) is 0 Å². The number of amides is 1. The van der Waals surface area contributed by atoms with E-state index in [1.54, 1.807) is 11.3 Å². The molecule has 3 atom stereocenters. The molecule has 3 aliphatic heterocycles. The zero-order valence-electron chi connectivity index (χ0n) is 20.6. The van der Waals surface area contributed by atoms with Crippen molar-refractivity contribution < 1.29 is 28.8 Å². The van der Waals surface area contributed by atoms with Gasteiger partial charge >= 0.3 is 0 Å². The molecular formula is C27H34N2O6S. The molecule has 1 amide bonds. The maximum absolute atomic E-state index is 13.5. The molecule has 0 bridgehead atoms. The van der Waals surface area contributed by atoms with Crippen molar-refractivity contribution in [2.75, 3.05) is 46.2 Å². The Morgan fingerprint density at radius 1 is 1.17 bits per heavy atom. The number of hydrogen-bond donors (Lipinski definition) is 1. The van der Waals surface area contributed by atoms with Gasteiger partial charge in [0, 0.05) is 57.8 Å². The van der Waals surface area contributed by atoms with E-state index in [1.165, 1.54) is 5.56 Å². The largest absolute Gasteiger partial charge is 0.459 e. The molecule has 0 saturated carbocycles. The van der Waals surface area contributed by atoms with Gasteiger partial charge in [0.25, 0.3) is 5.91 Å². The van der Waals surface area contributed by atoms with E-state index in [-0.39, 0.29) is 31.1 Å². The lowest BCUT2D eigenvalue weighted by Gasteiger charge is -2.39. The molecule has 0 unspecified atom stereocenters. The number of fused-ring (bicyclic) bond motifs is 1. The number of ether oxygens (including phenoxy) is 4. The average molecular weight is 515 g/mol. The summed E-state index contributed by atoms with van der Waals surface area (Å²) in [6.45, 7) is 6.49. The van der Waals surface area contributed by atoms with Crippen LogP contribution < -0.4 is 9.47 Å². The molecular weight excluding hydrogens is 480 g/mol. The van der Waals surface area contributed by atoms with E-state index < -0.39 is 6.29 Å². The van der Waals surface area contributed by atoms with Crippen LogP contribution >= 0.6 is 11.3 Å². The second kappa shape index (κ2) is 11.6. The molecule has 36 heavy (non-hydrogen) atoms. The van der Waals surface area contributed by atoms with E-state index in [9.17, 15) is 9.90 Å². The van der Waals surface area contributed by atoms with E-state index in [0.717, 1.165) is 43.1 Å². The molecule has 0 aliphatic carbocycles. The summed E-state index contributed by atoms with van der Waals surface area (Å²) >= 11 is 1.64. The van der Waals surface area contributed by atoms with Crippen LogP contribution in [-0.4, -0.2) is 73.3 Å². The van der Waals surface area contributed by atoms with Crippen molar-refractivity contribution in [3.05, 3.63) is 58.0 Å². The fraction of sp³-hybridized carbons (Fsp3) is 0.519. The highest BCUT2D eigenvalue weighted by Gasteiger charge is 2.39. The maximum atomic E-state index is 13.5. The Kier molecular flexibility index (Phi) is 8.11. The lowest BCUT2D eigenvalue weighted by Crippen LogP contribution is -2.49. The van der Waals surface area contributed by atoms with Crippen LogP contribution in [0.5, 0.6) is 11.5 Å². The number of allylic oxidation sites excluding steroid dienone is 1. The lowest BCUT2D eigenvalue weighted by molar-refractivity contribution is -0.171. The van der Waals surface area contributed by atoms with Gasteiger partial charge in [-0.15, -0.1) is 0 Å². The summed E-state index contributed by atoms with van der Waals surface area (Å²) in [7, 11) is 0. The fourth-order valence-corrected chi connectivity index (χ4v) is 5.87. The van der Waals surface area contributed by atoms with E-state index in [4.69, 9.17) is 18.9 Å². The molecule has 194 valence electrons. The quantitative estimate of drug-likeness (QED) is 0.548. The van der Waals surface area contributed by atoms with Crippen LogP contribution in [0.25, 0.3) is 0 Å². The summed E-state index contributed by atoms with van der Waals surface area (Å²) in [4.78, 5) is 17.7. The Balaban J connectivity index is 1.25. The van der Waals surface area contributed by atoms with Gasteiger partial charge < -0.3 is 29.0 Å². The summed E-state index contributed by atoms with van der Waals surface area (Å²) in [5.41, 5.74) is 2.33. The SMILES string of the molecule is CCO[C@H]1OC(C(=O)N2CCN(Cc3ccc4c(c3)OCO4)CC2)=C[C@@H](c2ccsc2)[C@@H]1CCCO. The van der Waals surface area contributed by atoms with Crippen molar-refractivity contribution in [3.63, 3.8) is 0 Å². The van der Waals surface area contributed by atoms with Gasteiger partial charge in [0.05, 0.1) is 0 Å². The molecule has 4 heterocycles. The number of carbonyl (C=O) groups excluding carboxylic acids is 1. The summed E-state index contributed by atoms with van der Waals surface area (Å²) in [5, 5.41) is 13.6. The fourth-order valence-electron chi connectivity index (χ4n) is 5.16. The molecule has 1 N–H and O–H groups in total. The van der Waals surface area contributed by atoms with Crippen molar-refractivity contribution in [1.29, 1.82) is 0 Å². The number of benzene rings is 1. The van der Waals surface area contributed by atoms with Crippen molar-refractivity contribution in [1.82, 2.24) is 9.80 Å². The minimum atomic E-state index is -0.511. The zero-order valence-corrected chi connectivity index (χ0v) is 21.5. The minimum Gasteiger partial charge on any atom is -0.459 e. The molecule has 1 fully saturated rings. The second-order valence-electron chi connectivity index (χ2n) is 9.34. The van der Waals surface area contributed by atoms with Crippen molar-refractivity contribution >= 4 is 17.2 Å². The normalized spacial score (nSPS) is 23.9. The topological polar surface area (TPSA) is 80.7 Å². The Morgan fingerprint density at radius 2 is 2.00 bits per heavy atom. The summed E-state index contributed by atoms with van der Waals surface area (Å²) in [6, 6.07) is 8.16. The average Bonchev–Trinajstić information content (AvgIpc) is 3.60. The molecule has 5 rings (SSSR count). The minimum absolute atomic E-state index is 0.0133. The number of thiophene rings is 1. The molecule has 0 spiro atoms. The standard InChI is InChI=1S/C27H34N2O6S/c1-2-32-27-21(4-3-12-30)22(20-7-13-36-17-20)15-25(35-27)26(31)29-10-8-28(9-11-29)16-19-5-6-23-24(14-19)34-18-33-23/h5-7,13-15,17,21-22,27,30H,2-4,8-12,16,18H2,1H3/t21-,22-,27-/m0/s1. The number of carbonyl (C=O) groups is 1. The first kappa shape index (κ1) is 25.1. The van der Waals surface area contributed by atoms with Crippen molar-refractivity contribution in [2.24, 2.45) is 5.92 Å². The first-order chi connectivity index (χ1) is 17.7. The van der Waals surface area contributed by atoms with Crippen molar-refractivity contribution in [2.45, 2.75) is 38.5 Å². The summed E-state index contributed by atoms with van der Waals surface area (Å²) < 4.78 is 23.0. The Hall–Kier alpha value is -2.59. The first-order valence-electron chi connectivity index (χ1n) is 12.7. The van der Waals surface area contributed by atoms with Crippen LogP contribution in [0.3, 0.4) is 0 Å². The molecule has 1 saturated heterocycles. The van der Waals surface area contributed by atoms with Crippen LogP contribution in [-0.2, 0) is 20.8 Å². The predicted octanol–water partition coefficient (Wildman–Crippen LogP) is 3.57. The molecule has 1 aromatic heterocycles. The second-order valence-corrected chi connectivity index (χ2v) is 10.1. The van der Waals surface area contributed by atoms with E-state index in [2.05, 4.69) is 27.8 Å². The third kappa shape index (κ3) is 5.54. The highest BCUT2D eigenvalue weighted by atomic mass is 32.1. The maximum Gasteiger partial charge on any atom is 0.288 e. The molecule has 2 aromatic rings. The number of aliphatic hydroxyl groups is 1. The van der Waals surface area contributed by atoms with Crippen LogP contribution in [0.15, 0.2) is 46.9 Å². The van der Waals surface area contributed by atoms with Gasteiger partial charge in [0.15, 0.2) is 17.3 Å².